The third-order valence-electron chi connectivity index (χ3n) is 5.65. The number of hydrogen-bond acceptors (Lipinski definition) is 7. The van der Waals surface area contributed by atoms with E-state index in [-0.39, 0.29) is 36.2 Å². The van der Waals surface area contributed by atoms with Crippen molar-refractivity contribution in [2.75, 3.05) is 23.8 Å². The Balaban J connectivity index is 1.48. The number of carbonyl (C=O) groups is 1. The van der Waals surface area contributed by atoms with Crippen molar-refractivity contribution in [2.24, 2.45) is 5.92 Å². The largest absolute Gasteiger partial charge is 0.465 e. The molecular formula is C18H19F3N6O2. The van der Waals surface area contributed by atoms with Crippen molar-refractivity contribution in [3.8, 4) is 0 Å². The Kier molecular flexibility index (Phi) is 3.81. The van der Waals surface area contributed by atoms with Gasteiger partial charge < -0.3 is 15.4 Å². The maximum absolute atomic E-state index is 13.2. The number of fused-ring (bicyclic) bond motifs is 1. The molecule has 0 unspecified atom stereocenters. The smallest absolute Gasteiger partial charge is 0.421 e. The summed E-state index contributed by atoms with van der Waals surface area (Å²) in [7, 11) is 0. The van der Waals surface area contributed by atoms with Crippen molar-refractivity contribution >= 4 is 23.6 Å². The van der Waals surface area contributed by atoms with Crippen LogP contribution in [0.3, 0.4) is 0 Å². The number of nitrogens with one attached hydrogen (secondary N) is 2. The van der Waals surface area contributed by atoms with Gasteiger partial charge in [-0.15, -0.1) is 0 Å². The Bertz CT molecular complexity index is 986. The minimum atomic E-state index is -4.55. The van der Waals surface area contributed by atoms with Crippen LogP contribution in [0.5, 0.6) is 0 Å². The van der Waals surface area contributed by atoms with Gasteiger partial charge in [-0.3, -0.25) is 4.79 Å². The van der Waals surface area contributed by atoms with Gasteiger partial charge in [0.05, 0.1) is 18.3 Å². The van der Waals surface area contributed by atoms with E-state index in [1.54, 1.807) is 17.7 Å². The fourth-order valence-electron chi connectivity index (χ4n) is 3.87. The van der Waals surface area contributed by atoms with Gasteiger partial charge in [-0.2, -0.15) is 23.3 Å². The van der Waals surface area contributed by atoms with Gasteiger partial charge in [0.25, 0.3) is 0 Å². The second-order valence-electron chi connectivity index (χ2n) is 7.67. The highest BCUT2D eigenvalue weighted by molar-refractivity contribution is 5.89. The topological polar surface area (TPSA) is 94.0 Å². The van der Waals surface area contributed by atoms with Crippen LogP contribution in [0.4, 0.5) is 30.8 Å². The van der Waals surface area contributed by atoms with Crippen LogP contribution < -0.4 is 10.6 Å². The molecule has 2 aromatic heterocycles. The summed E-state index contributed by atoms with van der Waals surface area (Å²) in [6.45, 7) is 2.39. The number of halogens is 3. The Labute approximate surface area is 163 Å². The van der Waals surface area contributed by atoms with Gasteiger partial charge >= 0.3 is 12.1 Å². The van der Waals surface area contributed by atoms with E-state index in [4.69, 9.17) is 4.74 Å². The van der Waals surface area contributed by atoms with Crippen LogP contribution >= 0.6 is 0 Å². The number of aromatic nitrogens is 4. The number of rotatable bonds is 6. The van der Waals surface area contributed by atoms with Crippen LogP contribution in [0.25, 0.3) is 0 Å². The summed E-state index contributed by atoms with van der Waals surface area (Å²) in [5.41, 5.74) is -0.958. The van der Waals surface area contributed by atoms with E-state index < -0.39 is 17.2 Å². The van der Waals surface area contributed by atoms with Crippen LogP contribution in [0, 0.1) is 5.92 Å². The van der Waals surface area contributed by atoms with Crippen molar-refractivity contribution in [2.45, 2.75) is 43.8 Å². The van der Waals surface area contributed by atoms with E-state index in [0.29, 0.717) is 24.5 Å². The monoisotopic (exact) mass is 408 g/mol. The molecule has 29 heavy (non-hydrogen) atoms. The van der Waals surface area contributed by atoms with E-state index in [1.165, 1.54) is 0 Å². The fraction of sp³-hybridized carbons (Fsp3) is 0.556. The summed E-state index contributed by atoms with van der Waals surface area (Å²) in [6.07, 6.45) is -1.17. The predicted molar refractivity (Wildman–Crippen MR) is 95.7 cm³/mol. The molecule has 8 nitrogen and oxygen atoms in total. The molecule has 2 aliphatic carbocycles. The van der Waals surface area contributed by atoms with Crippen LogP contribution in [-0.2, 0) is 21.1 Å². The van der Waals surface area contributed by atoms with Gasteiger partial charge in [0, 0.05) is 24.7 Å². The number of cyclic esters (lactones) is 1. The third-order valence-corrected chi connectivity index (χ3v) is 5.65. The minimum absolute atomic E-state index is 0.0288. The molecule has 3 heterocycles. The van der Waals surface area contributed by atoms with E-state index in [0.717, 1.165) is 19.0 Å². The molecule has 1 saturated heterocycles. The molecule has 5 rings (SSSR count). The standard InChI is InChI=1S/C18H19F3N6O2/c1-2-22-14-11(18(19,20)21)7-23-16(25-14)24-13-5-12(26-27(13)10-3-4-10)17-6-9(17)8-29-15(17)28/h5,7,9-10H,2-4,6,8H2,1H3,(H2,22,23,24,25)/t9-,17-/m0/s1. The lowest BCUT2D eigenvalue weighted by Crippen LogP contribution is -2.19. The molecule has 2 saturated carbocycles. The molecule has 2 atom stereocenters. The first kappa shape index (κ1) is 18.2. The summed E-state index contributed by atoms with van der Waals surface area (Å²) in [5, 5.41) is 10.2. The minimum Gasteiger partial charge on any atom is -0.465 e. The van der Waals surface area contributed by atoms with Crippen LogP contribution in [0.2, 0.25) is 0 Å². The Morgan fingerprint density at radius 3 is 2.76 bits per heavy atom. The third kappa shape index (κ3) is 2.90. The first-order valence-corrected chi connectivity index (χ1v) is 9.55. The molecule has 3 aliphatic rings. The van der Waals surface area contributed by atoms with Gasteiger partial charge in [-0.05, 0) is 26.2 Å². The fourth-order valence-corrected chi connectivity index (χ4v) is 3.87. The van der Waals surface area contributed by atoms with Crippen molar-refractivity contribution < 1.29 is 22.7 Å². The van der Waals surface area contributed by atoms with Crippen molar-refractivity contribution in [3.05, 3.63) is 23.5 Å². The van der Waals surface area contributed by atoms with Crippen molar-refractivity contribution in [1.29, 1.82) is 0 Å². The number of esters is 1. The highest BCUT2D eigenvalue weighted by Gasteiger charge is 2.68. The van der Waals surface area contributed by atoms with Gasteiger partial charge in [0.2, 0.25) is 5.95 Å². The van der Waals surface area contributed by atoms with Crippen LogP contribution in [0.1, 0.15) is 43.5 Å². The number of hydrogen-bond donors (Lipinski definition) is 2. The lowest BCUT2D eigenvalue weighted by molar-refractivity contribution is -0.142. The van der Waals surface area contributed by atoms with Gasteiger partial charge in [0.15, 0.2) is 0 Å². The zero-order valence-electron chi connectivity index (χ0n) is 15.6. The molecular weight excluding hydrogens is 389 g/mol. The summed E-state index contributed by atoms with van der Waals surface area (Å²) < 4.78 is 46.4. The molecule has 1 aliphatic heterocycles. The average Bonchev–Trinajstić information content (AvgIpc) is 3.56. The highest BCUT2D eigenvalue weighted by atomic mass is 19.4. The van der Waals surface area contributed by atoms with E-state index in [1.807, 2.05) is 0 Å². The maximum Gasteiger partial charge on any atom is 0.421 e. The number of alkyl halides is 3. The van der Waals surface area contributed by atoms with Crippen LogP contribution in [-0.4, -0.2) is 38.9 Å². The number of anilines is 3. The molecule has 2 aromatic rings. The van der Waals surface area contributed by atoms with Gasteiger partial charge in [-0.1, -0.05) is 0 Å². The quantitative estimate of drug-likeness (QED) is 0.710. The summed E-state index contributed by atoms with van der Waals surface area (Å²) >= 11 is 0. The number of ether oxygens (including phenoxy) is 1. The lowest BCUT2D eigenvalue weighted by atomic mass is 10.0. The summed E-state index contributed by atoms with van der Waals surface area (Å²) in [5.74, 6) is 0.198. The Hall–Kier alpha value is -2.85. The Morgan fingerprint density at radius 1 is 1.38 bits per heavy atom. The molecule has 0 aromatic carbocycles. The SMILES string of the molecule is CCNc1nc(Nc2cc([C@]34C[C@H]3COC4=O)nn2C2CC2)ncc1C(F)(F)F. The molecule has 0 bridgehead atoms. The first-order valence-electron chi connectivity index (χ1n) is 9.55. The molecule has 11 heteroatoms. The zero-order chi connectivity index (χ0) is 20.4. The molecule has 154 valence electrons. The van der Waals surface area contributed by atoms with Gasteiger partial charge in [-0.25, -0.2) is 9.67 Å². The van der Waals surface area contributed by atoms with Gasteiger partial charge in [0.1, 0.15) is 22.6 Å². The first-order chi connectivity index (χ1) is 13.8. The maximum atomic E-state index is 13.2. The van der Waals surface area contributed by atoms with Crippen molar-refractivity contribution in [1.82, 2.24) is 19.7 Å². The average molecular weight is 408 g/mol. The lowest BCUT2D eigenvalue weighted by Gasteiger charge is -2.14. The van der Waals surface area contributed by atoms with Crippen molar-refractivity contribution in [3.63, 3.8) is 0 Å². The highest BCUT2D eigenvalue weighted by Crippen LogP contribution is 2.59. The number of carbonyl (C=O) groups excluding carboxylic acids is 1. The predicted octanol–water partition coefficient (Wildman–Crippen LogP) is 3.02. The number of nitrogens with zero attached hydrogens (tertiary/aromatic N) is 4. The second kappa shape index (κ2) is 6.07. The summed E-state index contributed by atoms with van der Waals surface area (Å²) in [6, 6.07) is 1.96. The molecule has 0 spiro atoms. The van der Waals surface area contributed by atoms with E-state index in [9.17, 15) is 18.0 Å². The van der Waals surface area contributed by atoms with E-state index in [2.05, 4.69) is 25.7 Å². The van der Waals surface area contributed by atoms with E-state index >= 15 is 0 Å². The Morgan fingerprint density at radius 2 is 2.17 bits per heavy atom. The van der Waals surface area contributed by atoms with Crippen LogP contribution in [0.15, 0.2) is 12.3 Å². The molecule has 0 amide bonds. The molecule has 0 radical (unpaired) electrons. The molecule has 2 N–H and O–H groups in total. The normalized spacial score (nSPS) is 25.5. The summed E-state index contributed by atoms with van der Waals surface area (Å²) in [4.78, 5) is 20.1. The molecule has 3 fully saturated rings. The zero-order valence-corrected chi connectivity index (χ0v) is 15.6. The second-order valence-corrected chi connectivity index (χ2v) is 7.67.